The number of fused-ring (bicyclic) bond motifs is 2. The number of hydrogen-bond donors (Lipinski definition) is 1. The second-order valence-corrected chi connectivity index (χ2v) is 10.5. The lowest BCUT2D eigenvalue weighted by atomic mass is 10.0. The molecule has 1 atom stereocenters. The zero-order chi connectivity index (χ0) is 26.7. The number of benzene rings is 1. The Kier molecular flexibility index (Phi) is 5.81. The molecule has 5 heterocycles. The molecular formula is C29H30FN5O3. The van der Waals surface area contributed by atoms with Gasteiger partial charge >= 0.3 is 5.69 Å². The van der Waals surface area contributed by atoms with Crippen molar-refractivity contribution < 1.29 is 14.2 Å². The molecule has 0 amide bonds. The third-order valence-electron chi connectivity index (χ3n) is 7.66. The second kappa shape index (κ2) is 9.08. The maximum atomic E-state index is 15.2. The van der Waals surface area contributed by atoms with Crippen molar-refractivity contribution in [2.45, 2.75) is 58.9 Å². The molecule has 0 aliphatic carbocycles. The normalized spacial score (nSPS) is 16.9. The molecule has 0 unspecified atom stereocenters. The topological polar surface area (TPSA) is 93.4 Å². The Balaban J connectivity index is 1.80. The number of halogens is 1. The van der Waals surface area contributed by atoms with Crippen LogP contribution < -0.4 is 15.3 Å². The number of rotatable bonds is 3. The summed E-state index contributed by atoms with van der Waals surface area (Å²) in [5.74, 6) is 0.227. The van der Waals surface area contributed by atoms with Crippen LogP contribution in [0.3, 0.4) is 0 Å². The van der Waals surface area contributed by atoms with E-state index in [2.05, 4.69) is 14.9 Å². The molecule has 1 N–H and O–H groups in total. The molecule has 196 valence electrons. The molecule has 1 saturated heterocycles. The van der Waals surface area contributed by atoms with Crippen molar-refractivity contribution in [2.75, 3.05) is 18.1 Å². The quantitative estimate of drug-likeness (QED) is 0.402. The first-order valence-corrected chi connectivity index (χ1v) is 13.1. The molecule has 38 heavy (non-hydrogen) atoms. The van der Waals surface area contributed by atoms with E-state index in [0.29, 0.717) is 40.5 Å². The van der Waals surface area contributed by atoms with Crippen molar-refractivity contribution in [2.24, 2.45) is 0 Å². The molecule has 0 bridgehead atoms. The zero-order valence-corrected chi connectivity index (χ0v) is 22.0. The van der Waals surface area contributed by atoms with Crippen LogP contribution in [-0.4, -0.2) is 43.8 Å². The molecule has 1 fully saturated rings. The van der Waals surface area contributed by atoms with Crippen molar-refractivity contribution in [3.63, 3.8) is 0 Å². The summed E-state index contributed by atoms with van der Waals surface area (Å²) in [4.78, 5) is 30.2. The van der Waals surface area contributed by atoms with E-state index < -0.39 is 11.5 Å². The Morgan fingerprint density at radius 3 is 2.74 bits per heavy atom. The molecule has 8 nitrogen and oxygen atoms in total. The number of hydrogen-bond acceptors (Lipinski definition) is 7. The number of anilines is 1. The fourth-order valence-electron chi connectivity index (χ4n) is 5.79. The van der Waals surface area contributed by atoms with Crippen molar-refractivity contribution in [3.8, 4) is 28.4 Å². The van der Waals surface area contributed by atoms with Crippen LogP contribution in [0.5, 0.6) is 11.5 Å². The number of nitrogens with zero attached hydrogens (tertiary/aromatic N) is 5. The van der Waals surface area contributed by atoms with Crippen LogP contribution in [0.15, 0.2) is 35.3 Å². The van der Waals surface area contributed by atoms with Crippen LogP contribution in [0.4, 0.5) is 10.2 Å². The highest BCUT2D eigenvalue weighted by atomic mass is 19.1. The molecule has 2 aliphatic heterocycles. The van der Waals surface area contributed by atoms with Gasteiger partial charge in [-0.05, 0) is 62.8 Å². The van der Waals surface area contributed by atoms with Crippen LogP contribution in [0.25, 0.3) is 28.0 Å². The van der Waals surface area contributed by atoms with Crippen LogP contribution >= 0.6 is 0 Å². The minimum Gasteiger partial charge on any atom is -0.507 e. The Morgan fingerprint density at radius 1 is 1.16 bits per heavy atom. The van der Waals surface area contributed by atoms with Gasteiger partial charge in [-0.2, -0.15) is 4.98 Å². The lowest BCUT2D eigenvalue weighted by molar-refractivity contribution is 0.266. The van der Waals surface area contributed by atoms with Crippen molar-refractivity contribution >= 4 is 16.9 Å². The number of piperidine rings is 1. The van der Waals surface area contributed by atoms with Gasteiger partial charge in [0, 0.05) is 18.3 Å². The third-order valence-corrected chi connectivity index (χ3v) is 7.66. The number of aryl methyl sites for hydroxylation is 1. The molecule has 0 radical (unpaired) electrons. The molecule has 3 aromatic heterocycles. The van der Waals surface area contributed by atoms with Gasteiger partial charge in [-0.3, -0.25) is 4.98 Å². The van der Waals surface area contributed by atoms with Crippen LogP contribution in [0.1, 0.15) is 55.8 Å². The lowest BCUT2D eigenvalue weighted by Gasteiger charge is -2.34. The smallest absolute Gasteiger partial charge is 0.355 e. The predicted molar refractivity (Wildman–Crippen MR) is 144 cm³/mol. The van der Waals surface area contributed by atoms with Gasteiger partial charge < -0.3 is 14.7 Å². The molecule has 6 rings (SSSR count). The average Bonchev–Trinajstić information content (AvgIpc) is 3.05. The monoisotopic (exact) mass is 515 g/mol. The minimum atomic E-state index is -0.609. The standard InChI is InChI=1S/C29H30FN5O3/c1-15(2)23-25(16(3)11-12-31-23)35-28-22-26(17(4)24(32-28)21-19(30)9-7-10-20(21)36)38-14-18-8-5-6-13-34(18)27(22)33-29(35)37/h7,9-12,15,18,36H,5-6,8,13-14H2,1-4H3/t18-/m1/s1. The second-order valence-electron chi connectivity index (χ2n) is 10.5. The molecule has 0 saturated carbocycles. The Morgan fingerprint density at radius 2 is 1.97 bits per heavy atom. The number of aromatic nitrogens is 4. The van der Waals surface area contributed by atoms with Gasteiger partial charge in [-0.25, -0.2) is 18.7 Å². The molecule has 4 aromatic rings. The third kappa shape index (κ3) is 3.63. The predicted octanol–water partition coefficient (Wildman–Crippen LogP) is 5.18. The number of phenols is 1. The van der Waals surface area contributed by atoms with E-state index in [0.717, 1.165) is 37.1 Å². The van der Waals surface area contributed by atoms with Gasteiger partial charge in [0.2, 0.25) is 0 Å². The summed E-state index contributed by atoms with van der Waals surface area (Å²) in [6, 6.07) is 6.07. The number of aromatic hydroxyl groups is 1. The lowest BCUT2D eigenvalue weighted by Crippen LogP contribution is -2.43. The first-order valence-electron chi connectivity index (χ1n) is 13.1. The van der Waals surface area contributed by atoms with Crippen LogP contribution in [0.2, 0.25) is 0 Å². The summed E-state index contributed by atoms with van der Waals surface area (Å²) >= 11 is 0. The van der Waals surface area contributed by atoms with Gasteiger partial charge in [0.1, 0.15) is 35.1 Å². The van der Waals surface area contributed by atoms with Gasteiger partial charge in [0.25, 0.3) is 0 Å². The first-order chi connectivity index (χ1) is 18.3. The highest BCUT2D eigenvalue weighted by Gasteiger charge is 2.34. The fraction of sp³-hybridized carbons (Fsp3) is 0.379. The van der Waals surface area contributed by atoms with E-state index in [1.54, 1.807) is 13.1 Å². The molecule has 1 aromatic carbocycles. The summed E-state index contributed by atoms with van der Waals surface area (Å²) in [6.07, 6.45) is 4.71. The maximum absolute atomic E-state index is 15.2. The highest BCUT2D eigenvalue weighted by molar-refractivity contribution is 5.98. The molecule has 2 aliphatic rings. The molecular weight excluding hydrogens is 485 g/mol. The Labute approximate surface area is 219 Å². The van der Waals surface area contributed by atoms with Crippen molar-refractivity contribution in [3.05, 3.63) is 63.6 Å². The minimum absolute atomic E-state index is 0.0185. The van der Waals surface area contributed by atoms with Gasteiger partial charge in [-0.15, -0.1) is 0 Å². The van der Waals surface area contributed by atoms with Gasteiger partial charge in [0.05, 0.1) is 28.7 Å². The average molecular weight is 516 g/mol. The van der Waals surface area contributed by atoms with Crippen LogP contribution in [-0.2, 0) is 0 Å². The maximum Gasteiger partial charge on any atom is 0.355 e. The van der Waals surface area contributed by atoms with E-state index in [9.17, 15) is 9.90 Å². The first kappa shape index (κ1) is 24.3. The zero-order valence-electron chi connectivity index (χ0n) is 22.0. The summed E-state index contributed by atoms with van der Waals surface area (Å²) in [5.41, 5.74) is 2.78. The summed E-state index contributed by atoms with van der Waals surface area (Å²) in [7, 11) is 0. The van der Waals surface area contributed by atoms with E-state index in [1.165, 1.54) is 22.8 Å². The van der Waals surface area contributed by atoms with E-state index in [-0.39, 0.29) is 29.0 Å². The van der Waals surface area contributed by atoms with E-state index in [4.69, 9.17) is 9.72 Å². The number of pyridine rings is 2. The summed E-state index contributed by atoms with van der Waals surface area (Å²) in [6.45, 7) is 8.93. The number of phenolic OH excluding ortho intramolecular Hbond substituents is 1. The SMILES string of the molecule is Cc1ccnc(C(C)C)c1-n1c(=O)nc2c3c(c(C)c(-c4c(O)cccc4F)nc31)OC[C@H]1CCCCN21. The van der Waals surface area contributed by atoms with Gasteiger partial charge in [-0.1, -0.05) is 19.9 Å². The van der Waals surface area contributed by atoms with Gasteiger partial charge in [0.15, 0.2) is 5.65 Å². The van der Waals surface area contributed by atoms with Crippen molar-refractivity contribution in [1.82, 2.24) is 19.5 Å². The Bertz CT molecular complexity index is 1630. The van der Waals surface area contributed by atoms with Crippen LogP contribution in [0, 0.1) is 19.7 Å². The largest absolute Gasteiger partial charge is 0.507 e. The highest BCUT2D eigenvalue weighted by Crippen LogP contribution is 2.45. The Hall–Kier alpha value is -4.01. The van der Waals surface area contributed by atoms with Crippen molar-refractivity contribution in [1.29, 1.82) is 0 Å². The molecule has 9 heteroatoms. The fourth-order valence-corrected chi connectivity index (χ4v) is 5.79. The van der Waals surface area contributed by atoms with E-state index in [1.807, 2.05) is 26.8 Å². The summed E-state index contributed by atoms with van der Waals surface area (Å²) in [5, 5.41) is 11.3. The number of ether oxygens (including phenoxy) is 1. The van der Waals surface area contributed by atoms with E-state index >= 15 is 4.39 Å². The molecule has 0 spiro atoms. The summed E-state index contributed by atoms with van der Waals surface area (Å²) < 4.78 is 23.1.